The van der Waals surface area contributed by atoms with E-state index in [1.54, 1.807) is 10.9 Å². The first-order chi connectivity index (χ1) is 12.5. The number of rotatable bonds is 7. The summed E-state index contributed by atoms with van der Waals surface area (Å²) in [6, 6.07) is 7.96. The number of carbonyl (C=O) groups excluding carboxylic acids is 1. The molecule has 7 nitrogen and oxygen atoms in total. The highest BCUT2D eigenvalue weighted by Crippen LogP contribution is 2.20. The van der Waals surface area contributed by atoms with Gasteiger partial charge in [0.15, 0.2) is 0 Å². The highest BCUT2D eigenvalue weighted by atomic mass is 16.1. The maximum absolute atomic E-state index is 12.7. The molecule has 0 saturated carbocycles. The molecule has 0 aliphatic rings. The second-order valence-corrected chi connectivity index (χ2v) is 6.32. The van der Waals surface area contributed by atoms with Crippen LogP contribution in [0.25, 0.3) is 11.0 Å². The maximum Gasteiger partial charge on any atom is 0.261 e. The van der Waals surface area contributed by atoms with Crippen LogP contribution in [0.15, 0.2) is 30.5 Å². The number of likely N-dealkylation sites (N-methyl/N-ethyl adjacent to an activating group) is 1. The molecule has 26 heavy (non-hydrogen) atoms. The van der Waals surface area contributed by atoms with Crippen LogP contribution in [0.4, 0.5) is 5.95 Å². The zero-order chi connectivity index (χ0) is 18.7. The van der Waals surface area contributed by atoms with E-state index in [1.165, 1.54) is 0 Å². The molecule has 2 aromatic heterocycles. The molecule has 0 radical (unpaired) electrons. The summed E-state index contributed by atoms with van der Waals surface area (Å²) in [4.78, 5) is 19.7. The fourth-order valence-corrected chi connectivity index (χ4v) is 3.07. The zero-order valence-electron chi connectivity index (χ0n) is 15.9. The van der Waals surface area contributed by atoms with Crippen LogP contribution in [0.3, 0.4) is 0 Å². The number of para-hydroxylation sites is 2. The molecule has 0 unspecified atom stereocenters. The smallest absolute Gasteiger partial charge is 0.261 e. The number of aromatic nitrogens is 4. The second kappa shape index (κ2) is 7.70. The summed E-state index contributed by atoms with van der Waals surface area (Å²) < 4.78 is 3.77. The largest absolute Gasteiger partial charge is 0.309 e. The van der Waals surface area contributed by atoms with Crippen LogP contribution in [-0.2, 0) is 13.6 Å². The number of carbonyl (C=O) groups is 1. The molecule has 0 aliphatic heterocycles. The minimum Gasteiger partial charge on any atom is -0.309 e. The van der Waals surface area contributed by atoms with Crippen LogP contribution in [0, 0.1) is 6.92 Å². The molecule has 3 rings (SSSR count). The minimum atomic E-state index is -0.185. The van der Waals surface area contributed by atoms with E-state index in [9.17, 15) is 4.79 Å². The van der Waals surface area contributed by atoms with Crippen LogP contribution >= 0.6 is 0 Å². The molecule has 1 amide bonds. The predicted octanol–water partition coefficient (Wildman–Crippen LogP) is 2.67. The second-order valence-electron chi connectivity index (χ2n) is 6.32. The molecular weight excluding hydrogens is 328 g/mol. The van der Waals surface area contributed by atoms with Gasteiger partial charge in [-0.2, -0.15) is 5.10 Å². The molecule has 138 valence electrons. The van der Waals surface area contributed by atoms with Crippen LogP contribution in [-0.4, -0.2) is 49.8 Å². The number of anilines is 1. The lowest BCUT2D eigenvalue weighted by atomic mass is 10.2. The Balaban J connectivity index is 1.90. The van der Waals surface area contributed by atoms with E-state index in [0.717, 1.165) is 42.9 Å². The van der Waals surface area contributed by atoms with Gasteiger partial charge < -0.3 is 9.47 Å². The summed E-state index contributed by atoms with van der Waals surface area (Å²) in [5.74, 6) is 0.390. The van der Waals surface area contributed by atoms with Crippen molar-refractivity contribution in [2.75, 3.05) is 25.0 Å². The minimum absolute atomic E-state index is 0.185. The lowest BCUT2D eigenvalue weighted by Gasteiger charge is -2.19. The van der Waals surface area contributed by atoms with Crippen molar-refractivity contribution in [2.45, 2.75) is 27.3 Å². The fourth-order valence-electron chi connectivity index (χ4n) is 3.07. The number of benzene rings is 1. The summed E-state index contributed by atoms with van der Waals surface area (Å²) >= 11 is 0. The number of nitrogens with zero attached hydrogens (tertiary/aromatic N) is 5. The van der Waals surface area contributed by atoms with E-state index in [2.05, 4.69) is 38.7 Å². The Labute approximate surface area is 153 Å². The summed E-state index contributed by atoms with van der Waals surface area (Å²) in [5, 5.41) is 7.12. The first-order valence-corrected chi connectivity index (χ1v) is 9.02. The Hall–Kier alpha value is -2.67. The van der Waals surface area contributed by atoms with Crippen LogP contribution in [0.2, 0.25) is 0 Å². The topological polar surface area (TPSA) is 68.0 Å². The normalized spacial score (nSPS) is 11.4. The van der Waals surface area contributed by atoms with E-state index in [4.69, 9.17) is 0 Å². The van der Waals surface area contributed by atoms with Gasteiger partial charge in [-0.1, -0.05) is 26.0 Å². The van der Waals surface area contributed by atoms with Crippen LogP contribution in [0.5, 0.6) is 0 Å². The number of fused-ring (bicyclic) bond motifs is 1. The average Bonchev–Trinajstić information content (AvgIpc) is 3.16. The molecule has 3 aromatic rings. The van der Waals surface area contributed by atoms with E-state index >= 15 is 0 Å². The summed E-state index contributed by atoms with van der Waals surface area (Å²) in [6.07, 6.45) is 1.59. The van der Waals surface area contributed by atoms with E-state index in [1.807, 2.05) is 38.2 Å². The van der Waals surface area contributed by atoms with Gasteiger partial charge in [-0.15, -0.1) is 0 Å². The number of hydrogen-bond donors (Lipinski definition) is 1. The third kappa shape index (κ3) is 3.48. The highest BCUT2D eigenvalue weighted by molar-refractivity contribution is 6.04. The Kier molecular flexibility index (Phi) is 5.37. The van der Waals surface area contributed by atoms with Crippen molar-refractivity contribution in [3.63, 3.8) is 0 Å². The molecule has 1 N–H and O–H groups in total. The van der Waals surface area contributed by atoms with Crippen molar-refractivity contribution in [2.24, 2.45) is 7.05 Å². The van der Waals surface area contributed by atoms with Crippen molar-refractivity contribution in [3.8, 4) is 0 Å². The van der Waals surface area contributed by atoms with E-state index in [0.29, 0.717) is 11.5 Å². The van der Waals surface area contributed by atoms with Gasteiger partial charge in [-0.3, -0.25) is 14.8 Å². The third-order valence-electron chi connectivity index (χ3n) is 4.89. The van der Waals surface area contributed by atoms with Gasteiger partial charge in [0.25, 0.3) is 5.91 Å². The number of aryl methyl sites for hydroxylation is 1. The van der Waals surface area contributed by atoms with Crippen LogP contribution in [0.1, 0.15) is 29.9 Å². The molecule has 0 spiro atoms. The molecule has 0 bridgehead atoms. The van der Waals surface area contributed by atoms with Gasteiger partial charge in [-0.05, 0) is 32.1 Å². The standard InChI is InChI=1S/C19H26N6O/c1-5-24(6-2)11-12-25-17-10-8-7-9-16(17)21-19(25)22-18(26)15-13-20-23(4)14(15)3/h7-10,13H,5-6,11-12H2,1-4H3,(H,21,22,26). The molecule has 1 aromatic carbocycles. The average molecular weight is 354 g/mol. The number of imidazole rings is 1. The lowest BCUT2D eigenvalue weighted by Crippen LogP contribution is -2.27. The van der Waals surface area contributed by atoms with Crippen LogP contribution < -0.4 is 5.32 Å². The summed E-state index contributed by atoms with van der Waals surface area (Å²) in [5.41, 5.74) is 3.30. The first-order valence-electron chi connectivity index (χ1n) is 9.02. The van der Waals surface area contributed by atoms with Gasteiger partial charge in [0, 0.05) is 25.8 Å². The van der Waals surface area contributed by atoms with Gasteiger partial charge in [-0.25, -0.2) is 4.98 Å². The molecule has 0 fully saturated rings. The monoisotopic (exact) mass is 354 g/mol. The van der Waals surface area contributed by atoms with Gasteiger partial charge in [0.05, 0.1) is 22.8 Å². The first kappa shape index (κ1) is 18.1. The summed E-state index contributed by atoms with van der Waals surface area (Å²) in [7, 11) is 1.82. The number of nitrogens with one attached hydrogen (secondary N) is 1. The maximum atomic E-state index is 12.7. The molecule has 2 heterocycles. The van der Waals surface area contributed by atoms with Crippen molar-refractivity contribution in [1.29, 1.82) is 0 Å². The van der Waals surface area contributed by atoms with E-state index in [-0.39, 0.29) is 5.91 Å². The number of amides is 1. The molecule has 7 heteroatoms. The molecular formula is C19H26N6O. The third-order valence-corrected chi connectivity index (χ3v) is 4.89. The lowest BCUT2D eigenvalue weighted by molar-refractivity contribution is 0.102. The SMILES string of the molecule is CCN(CC)CCn1c(NC(=O)c2cnn(C)c2C)nc2ccccc21. The zero-order valence-corrected chi connectivity index (χ0v) is 15.9. The van der Waals surface area contributed by atoms with Crippen molar-refractivity contribution >= 4 is 22.9 Å². The van der Waals surface area contributed by atoms with Crippen molar-refractivity contribution in [1.82, 2.24) is 24.2 Å². The quantitative estimate of drug-likeness (QED) is 0.708. The van der Waals surface area contributed by atoms with Gasteiger partial charge in [0.2, 0.25) is 5.95 Å². The molecule has 0 aliphatic carbocycles. The summed E-state index contributed by atoms with van der Waals surface area (Å²) in [6.45, 7) is 9.86. The molecule has 0 atom stereocenters. The molecule has 0 saturated heterocycles. The Morgan fingerprint density at radius 2 is 1.96 bits per heavy atom. The van der Waals surface area contributed by atoms with Gasteiger partial charge in [0.1, 0.15) is 0 Å². The van der Waals surface area contributed by atoms with Gasteiger partial charge >= 0.3 is 0 Å². The van der Waals surface area contributed by atoms with Crippen molar-refractivity contribution < 1.29 is 4.79 Å². The number of hydrogen-bond acceptors (Lipinski definition) is 4. The van der Waals surface area contributed by atoms with Crippen molar-refractivity contribution in [3.05, 3.63) is 41.7 Å². The Morgan fingerprint density at radius 1 is 1.23 bits per heavy atom. The fraction of sp³-hybridized carbons (Fsp3) is 0.421. The predicted molar refractivity (Wildman–Crippen MR) is 103 cm³/mol. The highest BCUT2D eigenvalue weighted by Gasteiger charge is 2.17. The van der Waals surface area contributed by atoms with E-state index < -0.39 is 0 Å². The Morgan fingerprint density at radius 3 is 2.62 bits per heavy atom. The Bertz CT molecular complexity index is 906.